The van der Waals surface area contributed by atoms with Gasteiger partial charge in [0.15, 0.2) is 0 Å². The standard InChI is InChI=1S/C10H9NO4/c1-7(6-10(12)13)8-4-2-3-5-9(8)11(14)15/h2-6H,1H3,(H,12,13). The number of para-hydroxylation sites is 1. The van der Waals surface area contributed by atoms with Crippen molar-refractivity contribution in [3.05, 3.63) is 46.0 Å². The van der Waals surface area contributed by atoms with Gasteiger partial charge in [-0.3, -0.25) is 10.1 Å². The Hall–Kier alpha value is -2.17. The molecule has 0 bridgehead atoms. The minimum atomic E-state index is -1.12. The van der Waals surface area contributed by atoms with Gasteiger partial charge in [-0.1, -0.05) is 12.1 Å². The van der Waals surface area contributed by atoms with E-state index in [-0.39, 0.29) is 5.69 Å². The number of allylic oxidation sites excluding steroid dienone is 1. The van der Waals surface area contributed by atoms with Gasteiger partial charge < -0.3 is 5.11 Å². The van der Waals surface area contributed by atoms with Crippen molar-refractivity contribution in [2.75, 3.05) is 0 Å². The average molecular weight is 207 g/mol. The van der Waals surface area contributed by atoms with Gasteiger partial charge in [-0.15, -0.1) is 0 Å². The molecule has 0 aliphatic carbocycles. The van der Waals surface area contributed by atoms with Crippen molar-refractivity contribution in [2.24, 2.45) is 0 Å². The molecule has 5 heteroatoms. The van der Waals surface area contributed by atoms with Crippen molar-refractivity contribution in [3.63, 3.8) is 0 Å². The quantitative estimate of drug-likeness (QED) is 0.467. The molecule has 1 N–H and O–H groups in total. The van der Waals surface area contributed by atoms with Gasteiger partial charge in [-0.25, -0.2) is 4.79 Å². The molecule has 5 nitrogen and oxygen atoms in total. The Morgan fingerprint density at radius 1 is 1.47 bits per heavy atom. The van der Waals surface area contributed by atoms with E-state index in [2.05, 4.69) is 0 Å². The topological polar surface area (TPSA) is 80.4 Å². The number of nitrogens with zero attached hydrogens (tertiary/aromatic N) is 1. The van der Waals surface area contributed by atoms with Gasteiger partial charge in [0.1, 0.15) is 0 Å². The van der Waals surface area contributed by atoms with E-state index in [0.717, 1.165) is 6.08 Å². The summed E-state index contributed by atoms with van der Waals surface area (Å²) in [4.78, 5) is 20.5. The molecule has 0 unspecified atom stereocenters. The van der Waals surface area contributed by atoms with E-state index in [4.69, 9.17) is 5.11 Å². The fourth-order valence-corrected chi connectivity index (χ4v) is 1.23. The van der Waals surface area contributed by atoms with Gasteiger partial charge in [0.05, 0.1) is 10.5 Å². The fraction of sp³-hybridized carbons (Fsp3) is 0.100. The Morgan fingerprint density at radius 3 is 2.60 bits per heavy atom. The summed E-state index contributed by atoms with van der Waals surface area (Å²) >= 11 is 0. The van der Waals surface area contributed by atoms with E-state index in [1.165, 1.54) is 25.1 Å². The van der Waals surface area contributed by atoms with Crippen LogP contribution in [0.3, 0.4) is 0 Å². The van der Waals surface area contributed by atoms with Crippen molar-refractivity contribution in [3.8, 4) is 0 Å². The third kappa shape index (κ3) is 2.63. The first-order chi connectivity index (χ1) is 7.02. The molecule has 0 spiro atoms. The molecule has 1 aromatic rings. The molecule has 0 aliphatic rings. The van der Waals surface area contributed by atoms with Crippen molar-refractivity contribution in [1.82, 2.24) is 0 Å². The largest absolute Gasteiger partial charge is 0.478 e. The first-order valence-corrected chi connectivity index (χ1v) is 4.17. The molecule has 0 saturated carbocycles. The molecule has 0 atom stereocenters. The Bertz CT molecular complexity index is 437. The van der Waals surface area contributed by atoms with E-state index in [1.807, 2.05) is 0 Å². The average Bonchev–Trinajstić information content (AvgIpc) is 2.16. The van der Waals surface area contributed by atoms with E-state index >= 15 is 0 Å². The summed E-state index contributed by atoms with van der Waals surface area (Å²) in [6.07, 6.45) is 0.947. The second-order valence-corrected chi connectivity index (χ2v) is 2.94. The summed E-state index contributed by atoms with van der Waals surface area (Å²) < 4.78 is 0. The van der Waals surface area contributed by atoms with Crippen LogP contribution in [0, 0.1) is 10.1 Å². The number of aliphatic carboxylic acids is 1. The van der Waals surface area contributed by atoms with Crippen molar-refractivity contribution >= 4 is 17.2 Å². The van der Waals surface area contributed by atoms with Crippen LogP contribution in [0.1, 0.15) is 12.5 Å². The zero-order valence-electron chi connectivity index (χ0n) is 8.01. The van der Waals surface area contributed by atoms with E-state index < -0.39 is 10.9 Å². The first kappa shape index (κ1) is 10.9. The number of nitro benzene ring substituents is 1. The number of carboxylic acids is 1. The summed E-state index contributed by atoms with van der Waals surface area (Å²) in [5.74, 6) is -1.12. The molecule has 0 heterocycles. The van der Waals surface area contributed by atoms with Crippen molar-refractivity contribution in [2.45, 2.75) is 6.92 Å². The predicted molar refractivity (Wildman–Crippen MR) is 54.4 cm³/mol. The molecule has 0 aromatic heterocycles. The number of carboxylic acid groups (broad SMARTS) is 1. The molecule has 0 saturated heterocycles. The maximum Gasteiger partial charge on any atom is 0.328 e. The molecule has 0 radical (unpaired) electrons. The van der Waals surface area contributed by atoms with Gasteiger partial charge in [-0.2, -0.15) is 0 Å². The van der Waals surface area contributed by atoms with Crippen LogP contribution in [0.25, 0.3) is 5.57 Å². The van der Waals surface area contributed by atoms with Crippen LogP contribution in [0.5, 0.6) is 0 Å². The predicted octanol–water partition coefficient (Wildman–Crippen LogP) is 2.08. The molecule has 0 aliphatic heterocycles. The lowest BCUT2D eigenvalue weighted by molar-refractivity contribution is -0.385. The molecule has 0 fully saturated rings. The second-order valence-electron chi connectivity index (χ2n) is 2.94. The number of benzene rings is 1. The maximum absolute atomic E-state index is 10.6. The zero-order chi connectivity index (χ0) is 11.4. The van der Waals surface area contributed by atoms with Crippen LogP contribution >= 0.6 is 0 Å². The molecular formula is C10H9NO4. The van der Waals surface area contributed by atoms with Crippen molar-refractivity contribution < 1.29 is 14.8 Å². The summed E-state index contributed by atoms with van der Waals surface area (Å²) in [6.45, 7) is 1.52. The first-order valence-electron chi connectivity index (χ1n) is 4.17. The van der Waals surface area contributed by atoms with E-state index in [9.17, 15) is 14.9 Å². The monoisotopic (exact) mass is 207 g/mol. The summed E-state index contributed by atoms with van der Waals surface area (Å²) in [5.41, 5.74) is 0.590. The normalized spacial score (nSPS) is 11.1. The Balaban J connectivity index is 3.25. The SMILES string of the molecule is CC(=CC(=O)O)c1ccccc1[N+](=O)[O-]. The highest BCUT2D eigenvalue weighted by Gasteiger charge is 2.13. The molecule has 1 rings (SSSR count). The highest BCUT2D eigenvalue weighted by molar-refractivity contribution is 5.90. The smallest absolute Gasteiger partial charge is 0.328 e. The Morgan fingerprint density at radius 2 is 2.07 bits per heavy atom. The number of rotatable bonds is 3. The third-order valence-corrected chi connectivity index (χ3v) is 1.87. The van der Waals surface area contributed by atoms with Gasteiger partial charge in [0.2, 0.25) is 0 Å². The highest BCUT2D eigenvalue weighted by Crippen LogP contribution is 2.24. The summed E-state index contributed by atoms with van der Waals surface area (Å²) in [7, 11) is 0. The fourth-order valence-electron chi connectivity index (χ4n) is 1.23. The second kappa shape index (κ2) is 4.36. The van der Waals surface area contributed by atoms with E-state index in [1.54, 1.807) is 6.07 Å². The van der Waals surface area contributed by atoms with Crippen LogP contribution in [0.15, 0.2) is 30.3 Å². The highest BCUT2D eigenvalue weighted by atomic mass is 16.6. The summed E-state index contributed by atoms with van der Waals surface area (Å²) in [6, 6.07) is 6.03. The molecule has 78 valence electrons. The van der Waals surface area contributed by atoms with Crippen LogP contribution in [0.4, 0.5) is 5.69 Å². The minimum Gasteiger partial charge on any atom is -0.478 e. The molecule has 0 amide bonds. The van der Waals surface area contributed by atoms with Gasteiger partial charge in [0.25, 0.3) is 5.69 Å². The Labute approximate surface area is 85.8 Å². The number of hydrogen-bond acceptors (Lipinski definition) is 3. The number of nitro groups is 1. The zero-order valence-corrected chi connectivity index (χ0v) is 8.01. The lowest BCUT2D eigenvalue weighted by atomic mass is 10.1. The van der Waals surface area contributed by atoms with Crippen LogP contribution in [0.2, 0.25) is 0 Å². The lowest BCUT2D eigenvalue weighted by Gasteiger charge is -2.01. The van der Waals surface area contributed by atoms with Gasteiger partial charge in [-0.05, 0) is 18.6 Å². The van der Waals surface area contributed by atoms with Crippen LogP contribution in [-0.4, -0.2) is 16.0 Å². The lowest BCUT2D eigenvalue weighted by Crippen LogP contribution is -1.95. The Kier molecular flexibility index (Phi) is 3.17. The number of hydrogen-bond donors (Lipinski definition) is 1. The molecule has 1 aromatic carbocycles. The third-order valence-electron chi connectivity index (χ3n) is 1.87. The van der Waals surface area contributed by atoms with Crippen molar-refractivity contribution in [1.29, 1.82) is 0 Å². The van der Waals surface area contributed by atoms with Gasteiger partial charge >= 0.3 is 5.97 Å². The van der Waals surface area contributed by atoms with Crippen LogP contribution < -0.4 is 0 Å². The van der Waals surface area contributed by atoms with E-state index in [0.29, 0.717) is 11.1 Å². The van der Waals surface area contributed by atoms with Gasteiger partial charge in [0, 0.05) is 12.1 Å². The molecule has 15 heavy (non-hydrogen) atoms. The number of carbonyl (C=O) groups is 1. The summed E-state index contributed by atoms with van der Waals surface area (Å²) in [5, 5.41) is 19.2. The maximum atomic E-state index is 10.6. The van der Waals surface area contributed by atoms with Crippen LogP contribution in [-0.2, 0) is 4.79 Å². The molecular weight excluding hydrogens is 198 g/mol. The minimum absolute atomic E-state index is 0.0903.